The fourth-order valence-corrected chi connectivity index (χ4v) is 2.36. The molecule has 156 valence electrons. The summed E-state index contributed by atoms with van der Waals surface area (Å²) in [6.07, 6.45) is 2.68. The molecule has 0 bridgehead atoms. The summed E-state index contributed by atoms with van der Waals surface area (Å²) in [4.78, 5) is 25.9. The third-order valence-corrected chi connectivity index (χ3v) is 3.97. The van der Waals surface area contributed by atoms with E-state index >= 15 is 0 Å². The third kappa shape index (κ3) is 10.9. The molecule has 0 aromatic heterocycles. The molecule has 7 heteroatoms. The van der Waals surface area contributed by atoms with Crippen molar-refractivity contribution in [3.63, 3.8) is 0 Å². The largest absolute Gasteiger partial charge is 0.374 e. The lowest BCUT2D eigenvalue weighted by molar-refractivity contribution is -0.129. The Kier molecular flexibility index (Phi) is 12.6. The van der Waals surface area contributed by atoms with Crippen LogP contribution in [0.2, 0.25) is 0 Å². The Labute approximate surface area is 163 Å². The molecule has 2 amide bonds. The van der Waals surface area contributed by atoms with Crippen LogP contribution in [-0.2, 0) is 23.8 Å². The lowest BCUT2D eigenvalue weighted by Gasteiger charge is -2.26. The molecule has 0 heterocycles. The maximum absolute atomic E-state index is 11.5. The molecule has 0 saturated heterocycles. The van der Waals surface area contributed by atoms with Gasteiger partial charge in [-0.15, -0.1) is 0 Å². The highest BCUT2D eigenvalue weighted by molar-refractivity contribution is 5.74. The van der Waals surface area contributed by atoms with Crippen LogP contribution in [0.4, 0.5) is 0 Å². The van der Waals surface area contributed by atoms with Crippen LogP contribution in [-0.4, -0.2) is 72.3 Å². The van der Waals surface area contributed by atoms with Crippen molar-refractivity contribution >= 4 is 11.8 Å². The normalized spacial score (nSPS) is 15.3. The van der Waals surface area contributed by atoms with Gasteiger partial charge in [0, 0.05) is 13.8 Å². The number of hydrogen-bond donors (Lipinski definition) is 0. The first-order valence-electron chi connectivity index (χ1n) is 9.28. The second-order valence-corrected chi connectivity index (χ2v) is 6.74. The summed E-state index contributed by atoms with van der Waals surface area (Å²) in [5.41, 5.74) is 0. The van der Waals surface area contributed by atoms with E-state index in [9.17, 15) is 9.59 Å². The number of nitrogens with zero attached hydrogens (tertiary/aromatic N) is 2. The highest BCUT2D eigenvalue weighted by Gasteiger charge is 2.16. The Morgan fingerprint density at radius 3 is 1.70 bits per heavy atom. The Bertz CT molecular complexity index is 483. The molecular formula is C20H36N2O5. The molecular weight excluding hydrogens is 348 g/mol. The van der Waals surface area contributed by atoms with Crippen LogP contribution in [0.1, 0.15) is 41.5 Å². The van der Waals surface area contributed by atoms with Crippen molar-refractivity contribution in [2.24, 2.45) is 0 Å². The number of ether oxygens (including phenoxy) is 3. The number of amides is 2. The molecule has 0 radical (unpaired) electrons. The topological polar surface area (TPSA) is 68.3 Å². The smallest absolute Gasteiger partial charge is 0.223 e. The zero-order valence-electron chi connectivity index (χ0n) is 17.6. The number of carbonyl (C=O) groups is 2. The molecule has 4 unspecified atom stereocenters. The van der Waals surface area contributed by atoms with Gasteiger partial charge in [-0.1, -0.05) is 13.2 Å². The van der Waals surface area contributed by atoms with Gasteiger partial charge >= 0.3 is 0 Å². The van der Waals surface area contributed by atoms with Gasteiger partial charge in [-0.2, -0.15) is 0 Å². The highest BCUT2D eigenvalue weighted by Crippen LogP contribution is 2.05. The molecule has 0 fully saturated rings. The van der Waals surface area contributed by atoms with E-state index < -0.39 is 0 Å². The second-order valence-electron chi connectivity index (χ2n) is 6.74. The molecule has 0 aliphatic heterocycles. The summed E-state index contributed by atoms with van der Waals surface area (Å²) in [5, 5.41) is 0. The highest BCUT2D eigenvalue weighted by atomic mass is 16.6. The van der Waals surface area contributed by atoms with E-state index in [4.69, 9.17) is 14.2 Å². The van der Waals surface area contributed by atoms with E-state index in [0.717, 1.165) is 0 Å². The van der Waals surface area contributed by atoms with Crippen LogP contribution in [0.25, 0.3) is 0 Å². The number of hydrogen-bond acceptors (Lipinski definition) is 5. The maximum atomic E-state index is 11.5. The standard InChI is InChI=1S/C20H36N2O5/c1-9-21(19(7)23)11-16(4)26-13-18(6)27-14-17(5)25-12-15(3)22(10-2)20(8)24/h9-10,15-18H,1-2,11-14H2,3-8H3. The minimum Gasteiger partial charge on any atom is -0.374 e. The minimum atomic E-state index is -0.121. The first kappa shape index (κ1) is 25.3. The minimum absolute atomic E-state index is 0.0651. The predicted molar refractivity (Wildman–Crippen MR) is 106 cm³/mol. The van der Waals surface area contributed by atoms with Crippen molar-refractivity contribution in [3.8, 4) is 0 Å². The monoisotopic (exact) mass is 384 g/mol. The summed E-state index contributed by atoms with van der Waals surface area (Å²) in [6, 6.07) is -0.0851. The Morgan fingerprint density at radius 2 is 1.30 bits per heavy atom. The first-order chi connectivity index (χ1) is 12.6. The molecule has 4 atom stereocenters. The average molecular weight is 385 g/mol. The Hall–Kier alpha value is -1.70. The maximum Gasteiger partial charge on any atom is 0.223 e. The SMILES string of the molecule is C=CN(CC(C)OCC(C)OCC(C)OCC(C)N(C=C)C(C)=O)C(C)=O. The van der Waals surface area contributed by atoms with E-state index in [1.807, 2.05) is 27.7 Å². The zero-order valence-corrected chi connectivity index (χ0v) is 17.6. The average Bonchev–Trinajstić information content (AvgIpc) is 2.60. The van der Waals surface area contributed by atoms with Crippen molar-refractivity contribution in [2.75, 3.05) is 26.4 Å². The molecule has 0 N–H and O–H groups in total. The van der Waals surface area contributed by atoms with Crippen molar-refractivity contribution < 1.29 is 23.8 Å². The molecule has 0 spiro atoms. The van der Waals surface area contributed by atoms with Gasteiger partial charge in [0.1, 0.15) is 0 Å². The number of carbonyl (C=O) groups excluding carboxylic acids is 2. The van der Waals surface area contributed by atoms with Crippen molar-refractivity contribution in [2.45, 2.75) is 65.9 Å². The molecule has 0 aliphatic carbocycles. The first-order valence-corrected chi connectivity index (χ1v) is 9.28. The summed E-state index contributed by atoms with van der Waals surface area (Å²) >= 11 is 0. The van der Waals surface area contributed by atoms with Gasteiger partial charge in [0.15, 0.2) is 0 Å². The molecule has 0 saturated carbocycles. The van der Waals surface area contributed by atoms with Crippen molar-refractivity contribution in [1.29, 1.82) is 0 Å². The fourth-order valence-electron chi connectivity index (χ4n) is 2.36. The Balaban J connectivity index is 4.08. The van der Waals surface area contributed by atoms with E-state index in [-0.39, 0.29) is 36.2 Å². The van der Waals surface area contributed by atoms with E-state index in [0.29, 0.717) is 26.4 Å². The van der Waals surface area contributed by atoms with Crippen LogP contribution in [0.5, 0.6) is 0 Å². The Morgan fingerprint density at radius 1 is 0.815 bits per heavy atom. The van der Waals surface area contributed by atoms with Crippen LogP contribution in [0.15, 0.2) is 25.6 Å². The van der Waals surface area contributed by atoms with Crippen LogP contribution >= 0.6 is 0 Å². The molecule has 7 nitrogen and oxygen atoms in total. The summed E-state index contributed by atoms with van der Waals surface area (Å²) < 4.78 is 17.2. The second kappa shape index (κ2) is 13.5. The fraction of sp³-hybridized carbons (Fsp3) is 0.700. The number of rotatable bonds is 14. The van der Waals surface area contributed by atoms with Gasteiger partial charge < -0.3 is 24.0 Å². The van der Waals surface area contributed by atoms with Gasteiger partial charge in [-0.25, -0.2) is 0 Å². The van der Waals surface area contributed by atoms with Gasteiger partial charge in [0.05, 0.1) is 50.7 Å². The molecule has 0 aromatic rings. The lowest BCUT2D eigenvalue weighted by atomic mass is 10.3. The molecule has 0 rings (SSSR count). The van der Waals surface area contributed by atoms with Gasteiger partial charge in [-0.3, -0.25) is 9.59 Å². The van der Waals surface area contributed by atoms with Crippen LogP contribution in [0.3, 0.4) is 0 Å². The van der Waals surface area contributed by atoms with Crippen LogP contribution < -0.4 is 0 Å². The van der Waals surface area contributed by atoms with Gasteiger partial charge in [-0.05, 0) is 40.1 Å². The third-order valence-electron chi connectivity index (χ3n) is 3.97. The summed E-state index contributed by atoms with van der Waals surface area (Å²) in [7, 11) is 0. The van der Waals surface area contributed by atoms with Gasteiger partial charge in [0.25, 0.3) is 0 Å². The van der Waals surface area contributed by atoms with E-state index in [2.05, 4.69) is 13.2 Å². The van der Waals surface area contributed by atoms with Crippen molar-refractivity contribution in [1.82, 2.24) is 9.80 Å². The molecule has 0 aliphatic rings. The molecule has 0 aromatic carbocycles. The molecule has 27 heavy (non-hydrogen) atoms. The van der Waals surface area contributed by atoms with E-state index in [1.54, 1.807) is 4.90 Å². The van der Waals surface area contributed by atoms with Crippen LogP contribution in [0, 0.1) is 0 Å². The summed E-state index contributed by atoms with van der Waals surface area (Å²) in [5.74, 6) is -0.130. The predicted octanol–water partition coefficient (Wildman–Crippen LogP) is 2.57. The lowest BCUT2D eigenvalue weighted by Crippen LogP contribution is -2.37. The van der Waals surface area contributed by atoms with Gasteiger partial charge in [0.2, 0.25) is 11.8 Å². The zero-order chi connectivity index (χ0) is 21.0. The summed E-state index contributed by atoms with van der Waals surface area (Å²) in [6.45, 7) is 19.6. The van der Waals surface area contributed by atoms with E-state index in [1.165, 1.54) is 31.1 Å². The van der Waals surface area contributed by atoms with Crippen molar-refractivity contribution in [3.05, 3.63) is 25.6 Å². The quantitative estimate of drug-likeness (QED) is 0.460.